The number of hydrogen-bond donors (Lipinski definition) is 1. The van der Waals surface area contributed by atoms with Crippen LogP contribution in [-0.2, 0) is 50.3 Å². The summed E-state index contributed by atoms with van der Waals surface area (Å²) in [6.07, 6.45) is 33.0. The van der Waals surface area contributed by atoms with E-state index in [9.17, 15) is 23.8 Å². The second kappa shape index (κ2) is 35.7. The molecule has 62 heavy (non-hydrogen) atoms. The summed E-state index contributed by atoms with van der Waals surface area (Å²) in [4.78, 5) is 47.3. The van der Waals surface area contributed by atoms with Crippen LogP contribution in [-0.4, -0.2) is 80.7 Å². The summed E-state index contributed by atoms with van der Waals surface area (Å²) in [7, 11) is 1.41. The quantitative estimate of drug-likeness (QED) is 0.0169. The summed E-state index contributed by atoms with van der Waals surface area (Å²) < 4.78 is 40.6. The van der Waals surface area contributed by atoms with Gasteiger partial charge in [0, 0.05) is 32.1 Å². The van der Waals surface area contributed by atoms with Gasteiger partial charge in [0.05, 0.1) is 27.7 Å². The number of carbonyl (C=O) groups is 3. The standard InChI is InChI=1S/C50H88NO10P/c1-8-10-27-33-45(52)34-29-23-19-15-14-18-22-26-32-38-50(54)60-46(42-59-62(55,56)58-40-39-51(5,6)7)41-57-49(53)37-31-25-21-17-13-12-16-20-24-30-36-48-44(4)43(3)47(61-48)35-28-11-9-2/h19,23,29,34,46H,8-18,20-22,24-28,30-33,35-42H2,1-7H3/p+1/b23-19-,34-29+/t46-/m1/s1. The molecule has 0 amide bonds. The lowest BCUT2D eigenvalue weighted by Crippen LogP contribution is -2.37. The molecule has 1 rings (SSSR count). The van der Waals surface area contributed by atoms with Crippen molar-refractivity contribution in [2.24, 2.45) is 0 Å². The second-order valence-electron chi connectivity index (χ2n) is 18.1. The van der Waals surface area contributed by atoms with Crippen LogP contribution < -0.4 is 0 Å². The topological polar surface area (TPSA) is 139 Å². The maximum atomic E-state index is 12.7. The number of allylic oxidation sites excluding steroid dienone is 4. The molecule has 0 aromatic carbocycles. The fourth-order valence-corrected chi connectivity index (χ4v) is 7.74. The number of esters is 2. The maximum Gasteiger partial charge on any atom is 0.472 e. The summed E-state index contributed by atoms with van der Waals surface area (Å²) >= 11 is 0. The van der Waals surface area contributed by atoms with Crippen molar-refractivity contribution in [3.63, 3.8) is 0 Å². The maximum absolute atomic E-state index is 12.7. The van der Waals surface area contributed by atoms with Crippen molar-refractivity contribution in [1.29, 1.82) is 0 Å². The van der Waals surface area contributed by atoms with Gasteiger partial charge in [0.15, 0.2) is 11.9 Å². The van der Waals surface area contributed by atoms with Gasteiger partial charge in [0.25, 0.3) is 0 Å². The fraction of sp³-hybridized carbons (Fsp3) is 0.780. The first-order valence-corrected chi connectivity index (χ1v) is 25.9. The predicted octanol–water partition coefficient (Wildman–Crippen LogP) is 12.8. The van der Waals surface area contributed by atoms with Crippen LogP contribution in [0.15, 0.2) is 28.7 Å². The van der Waals surface area contributed by atoms with Gasteiger partial charge in [-0.2, -0.15) is 0 Å². The van der Waals surface area contributed by atoms with Crippen molar-refractivity contribution >= 4 is 25.5 Å². The average molecular weight is 895 g/mol. The van der Waals surface area contributed by atoms with Crippen LogP contribution in [0.4, 0.5) is 0 Å². The zero-order chi connectivity index (χ0) is 45.9. The number of unbranched alkanes of at least 4 members (excludes halogenated alkanes) is 18. The summed E-state index contributed by atoms with van der Waals surface area (Å²) in [5.74, 6) is 1.67. The fourth-order valence-electron chi connectivity index (χ4n) is 7.00. The van der Waals surface area contributed by atoms with Gasteiger partial charge in [0.2, 0.25) is 0 Å². The number of nitrogens with zero attached hydrogens (tertiary/aromatic N) is 1. The normalized spacial score (nSPS) is 13.5. The molecule has 12 heteroatoms. The summed E-state index contributed by atoms with van der Waals surface area (Å²) in [5, 5.41) is 0. The Morgan fingerprint density at radius 3 is 1.73 bits per heavy atom. The molecule has 0 aliphatic heterocycles. The molecular weight excluding hydrogens is 806 g/mol. The molecule has 1 aromatic heterocycles. The number of ether oxygens (including phenoxy) is 2. The lowest BCUT2D eigenvalue weighted by molar-refractivity contribution is -0.870. The largest absolute Gasteiger partial charge is 0.472 e. The molecule has 0 saturated carbocycles. The molecular formula is C50H89NO10P+. The summed E-state index contributed by atoms with van der Waals surface area (Å²) in [6.45, 7) is 8.56. The number of likely N-dealkylation sites (N-methyl/N-ethyl adjacent to an activating group) is 1. The molecule has 0 aliphatic carbocycles. The monoisotopic (exact) mass is 895 g/mol. The third-order valence-corrected chi connectivity index (χ3v) is 12.1. The highest BCUT2D eigenvalue weighted by atomic mass is 31.2. The Kier molecular flexibility index (Phi) is 33.1. The van der Waals surface area contributed by atoms with Gasteiger partial charge in [-0.3, -0.25) is 23.4 Å². The minimum atomic E-state index is -4.41. The van der Waals surface area contributed by atoms with Crippen LogP contribution in [0, 0.1) is 13.8 Å². The van der Waals surface area contributed by atoms with Crippen molar-refractivity contribution in [3.05, 3.63) is 47.0 Å². The minimum absolute atomic E-state index is 0.0108. The van der Waals surface area contributed by atoms with Crippen LogP contribution >= 0.6 is 7.82 Å². The van der Waals surface area contributed by atoms with Crippen LogP contribution in [0.2, 0.25) is 0 Å². The third kappa shape index (κ3) is 32.2. The van der Waals surface area contributed by atoms with Gasteiger partial charge >= 0.3 is 19.8 Å². The van der Waals surface area contributed by atoms with E-state index in [-0.39, 0.29) is 31.8 Å². The zero-order valence-electron chi connectivity index (χ0n) is 40.3. The predicted molar refractivity (Wildman–Crippen MR) is 251 cm³/mol. The highest BCUT2D eigenvalue weighted by Crippen LogP contribution is 2.43. The van der Waals surface area contributed by atoms with Crippen LogP contribution in [0.1, 0.15) is 197 Å². The number of carbonyl (C=O) groups excluding carboxylic acids is 3. The SMILES string of the molecule is CCCCCC(=O)/C=C/C=C\CCCCCCCC(=O)O[C@H](COC(=O)CCCCCCCCCCCCc1oc(CCCCC)c(C)c1C)COP(=O)(O)OCC[N+](C)(C)C. The van der Waals surface area contributed by atoms with Crippen LogP contribution in [0.25, 0.3) is 0 Å². The van der Waals surface area contributed by atoms with E-state index in [2.05, 4.69) is 33.8 Å². The molecule has 0 fully saturated rings. The minimum Gasteiger partial charge on any atom is -0.466 e. The van der Waals surface area contributed by atoms with E-state index < -0.39 is 32.5 Å². The number of phosphoric acid groups is 1. The highest BCUT2D eigenvalue weighted by Gasteiger charge is 2.27. The number of rotatable bonds is 41. The Morgan fingerprint density at radius 1 is 0.645 bits per heavy atom. The van der Waals surface area contributed by atoms with E-state index in [1.54, 1.807) is 6.08 Å². The summed E-state index contributed by atoms with van der Waals surface area (Å²) in [6, 6.07) is 0. The first-order chi connectivity index (χ1) is 29.7. The van der Waals surface area contributed by atoms with E-state index in [4.69, 9.17) is 22.9 Å². The number of furan rings is 1. The van der Waals surface area contributed by atoms with E-state index >= 15 is 0 Å². The average Bonchev–Trinajstić information content (AvgIpc) is 3.48. The third-order valence-electron chi connectivity index (χ3n) is 11.2. The smallest absolute Gasteiger partial charge is 0.466 e. The molecule has 358 valence electrons. The molecule has 11 nitrogen and oxygen atoms in total. The number of aryl methyl sites for hydroxylation is 2. The Hall–Kier alpha value is -2.56. The second-order valence-corrected chi connectivity index (χ2v) is 19.6. The van der Waals surface area contributed by atoms with Crippen molar-refractivity contribution in [1.82, 2.24) is 0 Å². The molecule has 0 saturated heterocycles. The van der Waals surface area contributed by atoms with Crippen LogP contribution in [0.3, 0.4) is 0 Å². The lowest BCUT2D eigenvalue weighted by Gasteiger charge is -2.24. The molecule has 1 heterocycles. The van der Waals surface area contributed by atoms with Crippen molar-refractivity contribution in [2.45, 2.75) is 207 Å². The number of hydrogen-bond acceptors (Lipinski definition) is 9. The molecule has 1 unspecified atom stereocenters. The molecule has 0 spiro atoms. The number of ketones is 1. The molecule has 0 aliphatic rings. The number of phosphoric ester groups is 1. The molecule has 0 radical (unpaired) electrons. The van der Waals surface area contributed by atoms with E-state index in [0.717, 1.165) is 83.5 Å². The first kappa shape index (κ1) is 57.5. The Bertz CT molecular complexity index is 1450. The Balaban J connectivity index is 2.32. The van der Waals surface area contributed by atoms with E-state index in [0.29, 0.717) is 30.3 Å². The highest BCUT2D eigenvalue weighted by molar-refractivity contribution is 7.47. The van der Waals surface area contributed by atoms with Gasteiger partial charge in [-0.05, 0) is 76.0 Å². The first-order valence-electron chi connectivity index (χ1n) is 24.4. The van der Waals surface area contributed by atoms with E-state index in [1.165, 1.54) is 80.4 Å². The zero-order valence-corrected chi connectivity index (χ0v) is 41.2. The van der Waals surface area contributed by atoms with Gasteiger partial charge in [-0.25, -0.2) is 4.57 Å². The van der Waals surface area contributed by atoms with Gasteiger partial charge in [-0.15, -0.1) is 0 Å². The van der Waals surface area contributed by atoms with Crippen molar-refractivity contribution in [3.8, 4) is 0 Å². The van der Waals surface area contributed by atoms with Crippen molar-refractivity contribution < 1.29 is 51.3 Å². The molecule has 1 aromatic rings. The molecule has 1 N–H and O–H groups in total. The van der Waals surface area contributed by atoms with E-state index in [1.807, 2.05) is 33.3 Å². The van der Waals surface area contributed by atoms with Gasteiger partial charge < -0.3 is 23.3 Å². The van der Waals surface area contributed by atoms with Crippen molar-refractivity contribution in [2.75, 3.05) is 47.5 Å². The Labute approximate surface area is 377 Å². The van der Waals surface area contributed by atoms with Crippen LogP contribution in [0.5, 0.6) is 0 Å². The number of quaternary nitrogens is 1. The van der Waals surface area contributed by atoms with Gasteiger partial charge in [0.1, 0.15) is 31.3 Å². The van der Waals surface area contributed by atoms with Gasteiger partial charge in [-0.1, -0.05) is 128 Å². The summed E-state index contributed by atoms with van der Waals surface area (Å²) in [5.41, 5.74) is 2.69. The molecule has 0 bridgehead atoms. The molecule has 2 atom stereocenters. The Morgan fingerprint density at radius 2 is 1.15 bits per heavy atom. The lowest BCUT2D eigenvalue weighted by atomic mass is 10.0.